The Hall–Kier alpha value is -5.87. The Morgan fingerprint density at radius 1 is 0.646 bits per heavy atom. The lowest BCUT2D eigenvalue weighted by atomic mass is 9.82. The molecule has 1 aliphatic rings. The zero-order valence-electron chi connectivity index (χ0n) is 27.6. The van der Waals surface area contributed by atoms with Crippen molar-refractivity contribution in [3.63, 3.8) is 0 Å². The van der Waals surface area contributed by atoms with Crippen molar-refractivity contribution in [3.8, 4) is 22.3 Å². The van der Waals surface area contributed by atoms with Crippen molar-refractivity contribution in [2.75, 3.05) is 7.05 Å². The van der Waals surface area contributed by atoms with E-state index < -0.39 is 0 Å². The minimum Gasteiger partial charge on any atom is -0.300 e. The highest BCUT2D eigenvalue weighted by molar-refractivity contribution is 6.13. The van der Waals surface area contributed by atoms with E-state index in [1.807, 2.05) is 36.7 Å². The van der Waals surface area contributed by atoms with Crippen molar-refractivity contribution < 1.29 is 0 Å². The van der Waals surface area contributed by atoms with E-state index in [2.05, 4.69) is 150 Å². The molecule has 6 aromatic carbocycles. The molecule has 0 radical (unpaired) electrons. The standard InChI is InChI=1S/C35H28N2.C9H10N2/c1-35(2)31-14-8-6-12-27(31)29-21-34-30(20-32(29)35)28-13-7-9-15-33(28)37(34)23-36-22-24-16-18-26(19-17-24)25-10-4-3-5-11-25;1-10-9(11-2)8-6-4-3-5-7-8/h3-21,23H,22H2,1-2H3;3-7H,1H2,2H3. The van der Waals surface area contributed by atoms with Gasteiger partial charge in [0.1, 0.15) is 0 Å². The summed E-state index contributed by atoms with van der Waals surface area (Å²) in [7, 11) is 1.71. The van der Waals surface area contributed by atoms with Gasteiger partial charge in [-0.15, -0.1) is 0 Å². The fourth-order valence-electron chi connectivity index (χ4n) is 6.86. The highest BCUT2D eigenvalue weighted by atomic mass is 15.0. The van der Waals surface area contributed by atoms with Crippen LogP contribution in [0.4, 0.5) is 0 Å². The first-order valence-electron chi connectivity index (χ1n) is 16.3. The van der Waals surface area contributed by atoms with E-state index in [9.17, 15) is 0 Å². The highest BCUT2D eigenvalue weighted by Gasteiger charge is 2.35. The van der Waals surface area contributed by atoms with Gasteiger partial charge in [-0.2, -0.15) is 0 Å². The van der Waals surface area contributed by atoms with E-state index in [0.29, 0.717) is 12.4 Å². The van der Waals surface area contributed by atoms with Gasteiger partial charge in [-0.25, -0.2) is 4.99 Å². The average Bonchev–Trinajstić information content (AvgIpc) is 3.57. The van der Waals surface area contributed by atoms with E-state index in [0.717, 1.165) is 5.56 Å². The van der Waals surface area contributed by atoms with Crippen molar-refractivity contribution >= 4 is 40.7 Å². The molecular weight excluding hydrogens is 585 g/mol. The second-order valence-electron chi connectivity index (χ2n) is 12.6. The molecule has 1 aromatic heterocycles. The summed E-state index contributed by atoms with van der Waals surface area (Å²) in [6.07, 6.45) is 2.01. The van der Waals surface area contributed by atoms with Gasteiger partial charge in [-0.3, -0.25) is 9.98 Å². The first kappa shape index (κ1) is 30.8. The molecule has 0 fully saturated rings. The molecule has 234 valence electrons. The molecule has 48 heavy (non-hydrogen) atoms. The molecule has 1 heterocycles. The molecule has 0 spiro atoms. The van der Waals surface area contributed by atoms with Gasteiger partial charge in [0.15, 0.2) is 5.84 Å². The number of nitrogens with zero attached hydrogens (tertiary/aromatic N) is 4. The lowest BCUT2D eigenvalue weighted by Crippen LogP contribution is -2.14. The zero-order valence-corrected chi connectivity index (χ0v) is 27.6. The first-order chi connectivity index (χ1) is 23.5. The molecule has 0 aliphatic heterocycles. The third-order valence-corrected chi connectivity index (χ3v) is 9.34. The monoisotopic (exact) mass is 622 g/mol. The van der Waals surface area contributed by atoms with Crippen LogP contribution in [0.5, 0.6) is 0 Å². The van der Waals surface area contributed by atoms with Gasteiger partial charge in [0, 0.05) is 28.8 Å². The number of amidine groups is 1. The van der Waals surface area contributed by atoms with Gasteiger partial charge in [-0.1, -0.05) is 141 Å². The lowest BCUT2D eigenvalue weighted by Gasteiger charge is -2.21. The summed E-state index contributed by atoms with van der Waals surface area (Å²) in [5.41, 5.74) is 12.5. The zero-order chi connectivity index (χ0) is 33.1. The van der Waals surface area contributed by atoms with Crippen molar-refractivity contribution in [3.05, 3.63) is 168 Å². The number of aliphatic imine (C=N–C) groups is 3. The number of hydrogen-bond acceptors (Lipinski definition) is 2. The van der Waals surface area contributed by atoms with Crippen LogP contribution in [0.15, 0.2) is 161 Å². The number of hydrogen-bond donors (Lipinski definition) is 0. The van der Waals surface area contributed by atoms with Gasteiger partial charge in [-0.05, 0) is 63.9 Å². The molecule has 0 bridgehead atoms. The number of rotatable bonds is 5. The summed E-state index contributed by atoms with van der Waals surface area (Å²) in [5.74, 6) is 0.686. The third kappa shape index (κ3) is 5.67. The number of para-hydroxylation sites is 1. The van der Waals surface area contributed by atoms with Crippen LogP contribution in [0.25, 0.3) is 44.1 Å². The van der Waals surface area contributed by atoms with Crippen molar-refractivity contribution in [1.82, 2.24) is 4.57 Å². The predicted molar refractivity (Wildman–Crippen MR) is 205 cm³/mol. The average molecular weight is 623 g/mol. The van der Waals surface area contributed by atoms with Crippen molar-refractivity contribution in [2.24, 2.45) is 15.0 Å². The Kier molecular flexibility index (Phi) is 8.39. The molecule has 0 atom stereocenters. The Morgan fingerprint density at radius 2 is 1.29 bits per heavy atom. The molecular formula is C44H38N4. The van der Waals surface area contributed by atoms with Crippen LogP contribution < -0.4 is 0 Å². The second kappa shape index (κ2) is 13.1. The highest BCUT2D eigenvalue weighted by Crippen LogP contribution is 2.50. The molecule has 4 nitrogen and oxygen atoms in total. The van der Waals surface area contributed by atoms with E-state index in [4.69, 9.17) is 4.99 Å². The molecule has 1 aliphatic carbocycles. The minimum atomic E-state index is -0.0106. The minimum absolute atomic E-state index is 0.0106. The fraction of sp³-hybridized carbons (Fsp3) is 0.114. The second-order valence-corrected chi connectivity index (χ2v) is 12.6. The molecule has 4 heteroatoms. The molecule has 0 unspecified atom stereocenters. The maximum absolute atomic E-state index is 4.89. The quantitative estimate of drug-likeness (QED) is 0.135. The van der Waals surface area contributed by atoms with E-state index >= 15 is 0 Å². The van der Waals surface area contributed by atoms with Crippen LogP contribution in [0.3, 0.4) is 0 Å². The van der Waals surface area contributed by atoms with Gasteiger partial charge >= 0.3 is 0 Å². The van der Waals surface area contributed by atoms with Crippen LogP contribution in [0.1, 0.15) is 36.1 Å². The number of aromatic nitrogens is 1. The normalized spacial score (nSPS) is 13.3. The summed E-state index contributed by atoms with van der Waals surface area (Å²) >= 11 is 0. The summed E-state index contributed by atoms with van der Waals surface area (Å²) in [5, 5.41) is 2.56. The van der Waals surface area contributed by atoms with Crippen LogP contribution >= 0.6 is 0 Å². The first-order valence-corrected chi connectivity index (χ1v) is 16.3. The smallest absolute Gasteiger partial charge is 0.153 e. The Labute approximate surface area is 282 Å². The number of benzene rings is 6. The maximum Gasteiger partial charge on any atom is 0.153 e. The SMILES string of the molecule is C=NC(=NC)c1ccccc1.CC1(C)c2ccccc2-c2cc3c(cc21)c1ccccc1n3C=NCc1ccc(-c2ccccc2)cc1. The van der Waals surface area contributed by atoms with Crippen LogP contribution in [0.2, 0.25) is 0 Å². The molecule has 0 saturated heterocycles. The van der Waals surface area contributed by atoms with Gasteiger partial charge < -0.3 is 4.57 Å². The van der Waals surface area contributed by atoms with Crippen LogP contribution in [-0.2, 0) is 12.0 Å². The Bertz CT molecular complexity index is 2290. The van der Waals surface area contributed by atoms with Crippen molar-refractivity contribution in [2.45, 2.75) is 25.8 Å². The van der Waals surface area contributed by atoms with Gasteiger partial charge in [0.2, 0.25) is 0 Å². The molecule has 7 aromatic rings. The summed E-state index contributed by atoms with van der Waals surface area (Å²) < 4.78 is 2.26. The van der Waals surface area contributed by atoms with E-state index in [1.165, 1.54) is 60.8 Å². The fourth-order valence-corrected chi connectivity index (χ4v) is 6.86. The number of fused-ring (bicyclic) bond motifs is 6. The molecule has 0 amide bonds. The summed E-state index contributed by atoms with van der Waals surface area (Å²) in [4.78, 5) is 12.6. The summed E-state index contributed by atoms with van der Waals surface area (Å²) in [6.45, 7) is 8.75. The molecule has 8 rings (SSSR count). The van der Waals surface area contributed by atoms with E-state index in [-0.39, 0.29) is 5.41 Å². The van der Waals surface area contributed by atoms with Crippen LogP contribution in [-0.4, -0.2) is 30.5 Å². The molecule has 0 saturated carbocycles. The third-order valence-electron chi connectivity index (χ3n) is 9.34. The van der Waals surface area contributed by atoms with Gasteiger partial charge in [0.25, 0.3) is 0 Å². The van der Waals surface area contributed by atoms with Crippen LogP contribution in [0, 0.1) is 0 Å². The summed E-state index contributed by atoms with van der Waals surface area (Å²) in [6, 6.07) is 51.3. The Morgan fingerprint density at radius 3 is 2.02 bits per heavy atom. The maximum atomic E-state index is 4.89. The topological polar surface area (TPSA) is 42.0 Å². The largest absolute Gasteiger partial charge is 0.300 e. The lowest BCUT2D eigenvalue weighted by molar-refractivity contribution is 0.661. The molecule has 0 N–H and O–H groups in total. The predicted octanol–water partition coefficient (Wildman–Crippen LogP) is 10.6. The Balaban J connectivity index is 0.000000284. The van der Waals surface area contributed by atoms with Crippen molar-refractivity contribution in [1.29, 1.82) is 0 Å². The van der Waals surface area contributed by atoms with E-state index in [1.54, 1.807) is 7.05 Å². The van der Waals surface area contributed by atoms with Gasteiger partial charge in [0.05, 0.1) is 23.9 Å².